The van der Waals surface area contributed by atoms with Crippen LogP contribution in [0.25, 0.3) is 0 Å². The van der Waals surface area contributed by atoms with Crippen molar-refractivity contribution in [3.8, 4) is 6.07 Å². The molecule has 2 fully saturated rings. The van der Waals surface area contributed by atoms with E-state index < -0.39 is 0 Å². The van der Waals surface area contributed by atoms with E-state index in [2.05, 4.69) is 16.4 Å². The van der Waals surface area contributed by atoms with Crippen LogP contribution >= 0.6 is 0 Å². The van der Waals surface area contributed by atoms with Crippen molar-refractivity contribution in [2.45, 2.75) is 50.0 Å². The van der Waals surface area contributed by atoms with Crippen molar-refractivity contribution in [1.82, 2.24) is 10.3 Å². The van der Waals surface area contributed by atoms with E-state index in [4.69, 9.17) is 5.26 Å². The number of carbonyl (C=O) groups excluding carboxylic acids is 1. The Bertz CT molecular complexity index is 920. The van der Waals surface area contributed by atoms with E-state index >= 15 is 0 Å². The maximum absolute atomic E-state index is 12.5. The summed E-state index contributed by atoms with van der Waals surface area (Å²) < 4.78 is 0. The summed E-state index contributed by atoms with van der Waals surface area (Å²) in [6.45, 7) is 0. The van der Waals surface area contributed by atoms with Gasteiger partial charge in [-0.1, -0.05) is 18.2 Å². The molecule has 2 aromatic rings. The molecule has 1 saturated heterocycles. The predicted octanol–water partition coefficient (Wildman–Crippen LogP) is 2.92. The van der Waals surface area contributed by atoms with Crippen LogP contribution in [0, 0.1) is 11.3 Å². The van der Waals surface area contributed by atoms with Gasteiger partial charge in [-0.25, -0.2) is 0 Å². The molecule has 26 heavy (non-hydrogen) atoms. The number of carbonyl (C=O) groups is 1. The summed E-state index contributed by atoms with van der Waals surface area (Å²) in [6.07, 6.45) is 4.29. The third-order valence-electron chi connectivity index (χ3n) is 5.40. The quantitative estimate of drug-likeness (QED) is 0.872. The zero-order valence-corrected chi connectivity index (χ0v) is 14.5. The third-order valence-corrected chi connectivity index (χ3v) is 5.40. The Hall–Kier alpha value is -2.87. The number of H-pyrrole nitrogens is 1. The summed E-state index contributed by atoms with van der Waals surface area (Å²) in [6, 6.07) is 13.7. The molecule has 1 aliphatic carbocycles. The topological polar surface area (TPSA) is 85.8 Å². The van der Waals surface area contributed by atoms with Crippen molar-refractivity contribution in [1.29, 1.82) is 5.26 Å². The van der Waals surface area contributed by atoms with Crippen molar-refractivity contribution >= 4 is 5.91 Å². The Kier molecular flexibility index (Phi) is 4.34. The first-order valence-electron chi connectivity index (χ1n) is 9.16. The fourth-order valence-corrected chi connectivity index (χ4v) is 3.79. The molecule has 5 heteroatoms. The number of hydrogen-bond donors (Lipinski definition) is 2. The average Bonchev–Trinajstić information content (AvgIpc) is 3.41. The SMILES string of the molecule is N#Cc1ccc(C(C[C@H]2CCC(=O)N2)c2ccc(C3CC3)c(=O)[nH]2)cc1. The Morgan fingerprint density at radius 3 is 2.42 bits per heavy atom. The number of aromatic nitrogens is 1. The van der Waals surface area contributed by atoms with E-state index in [9.17, 15) is 9.59 Å². The molecule has 132 valence electrons. The van der Waals surface area contributed by atoms with Gasteiger partial charge in [0.25, 0.3) is 5.56 Å². The number of rotatable bonds is 5. The minimum Gasteiger partial charge on any atom is -0.353 e. The first-order chi connectivity index (χ1) is 12.6. The molecule has 1 saturated carbocycles. The number of nitrogens with one attached hydrogen (secondary N) is 2. The molecule has 1 aromatic carbocycles. The molecule has 2 atom stereocenters. The maximum atomic E-state index is 12.5. The minimum absolute atomic E-state index is 0.000831. The van der Waals surface area contributed by atoms with Gasteiger partial charge in [-0.2, -0.15) is 5.26 Å². The third kappa shape index (κ3) is 3.41. The monoisotopic (exact) mass is 347 g/mol. The van der Waals surface area contributed by atoms with Crippen LogP contribution in [-0.2, 0) is 4.79 Å². The van der Waals surface area contributed by atoms with Gasteiger partial charge < -0.3 is 10.3 Å². The number of amides is 1. The number of pyridine rings is 1. The van der Waals surface area contributed by atoms with Crippen LogP contribution in [0.15, 0.2) is 41.2 Å². The van der Waals surface area contributed by atoms with E-state index in [0.29, 0.717) is 17.9 Å². The zero-order chi connectivity index (χ0) is 18.1. The minimum atomic E-state index is -0.0212. The molecule has 2 heterocycles. The van der Waals surface area contributed by atoms with E-state index in [0.717, 1.165) is 42.5 Å². The second-order valence-corrected chi connectivity index (χ2v) is 7.30. The number of aromatic amines is 1. The normalized spacial score (nSPS) is 20.4. The summed E-state index contributed by atoms with van der Waals surface area (Å²) in [5.74, 6) is 0.480. The Balaban J connectivity index is 1.67. The molecule has 5 nitrogen and oxygen atoms in total. The van der Waals surface area contributed by atoms with Gasteiger partial charge in [-0.15, -0.1) is 0 Å². The van der Waals surface area contributed by atoms with Gasteiger partial charge in [0, 0.05) is 29.6 Å². The first kappa shape index (κ1) is 16.6. The lowest BCUT2D eigenvalue weighted by Gasteiger charge is -2.22. The van der Waals surface area contributed by atoms with Gasteiger partial charge in [-0.3, -0.25) is 9.59 Å². The highest BCUT2D eigenvalue weighted by Crippen LogP contribution is 2.38. The molecule has 2 aliphatic rings. The van der Waals surface area contributed by atoms with Gasteiger partial charge in [0.2, 0.25) is 5.91 Å². The molecule has 0 bridgehead atoms. The Labute approximate surface area is 152 Å². The lowest BCUT2D eigenvalue weighted by Crippen LogP contribution is -2.28. The van der Waals surface area contributed by atoms with Crippen molar-refractivity contribution in [3.05, 3.63) is 69.1 Å². The molecule has 4 rings (SSSR count). The molecule has 1 unspecified atom stereocenters. The molecule has 2 N–H and O–H groups in total. The predicted molar refractivity (Wildman–Crippen MR) is 97.8 cm³/mol. The van der Waals surface area contributed by atoms with Crippen molar-refractivity contribution in [2.24, 2.45) is 0 Å². The second kappa shape index (κ2) is 6.80. The number of benzene rings is 1. The largest absolute Gasteiger partial charge is 0.353 e. The summed E-state index contributed by atoms with van der Waals surface area (Å²) in [5, 5.41) is 12.0. The van der Waals surface area contributed by atoms with Gasteiger partial charge in [-0.05, 0) is 55.4 Å². The molecule has 1 aromatic heterocycles. The molecule has 0 radical (unpaired) electrons. The Morgan fingerprint density at radius 2 is 1.85 bits per heavy atom. The van der Waals surface area contributed by atoms with Crippen LogP contribution in [0.3, 0.4) is 0 Å². The van der Waals surface area contributed by atoms with Gasteiger partial charge in [0.1, 0.15) is 0 Å². The summed E-state index contributed by atoms with van der Waals surface area (Å²) in [7, 11) is 0. The van der Waals surface area contributed by atoms with Crippen LogP contribution in [0.4, 0.5) is 0 Å². The maximum Gasteiger partial charge on any atom is 0.251 e. The van der Waals surface area contributed by atoms with Crippen molar-refractivity contribution in [3.63, 3.8) is 0 Å². The molecular formula is C21H21N3O2. The lowest BCUT2D eigenvalue weighted by atomic mass is 9.87. The van der Waals surface area contributed by atoms with Crippen LogP contribution in [-0.4, -0.2) is 16.9 Å². The Morgan fingerprint density at radius 1 is 1.08 bits per heavy atom. The smallest absolute Gasteiger partial charge is 0.251 e. The van der Waals surface area contributed by atoms with Crippen LogP contribution < -0.4 is 10.9 Å². The van der Waals surface area contributed by atoms with Crippen molar-refractivity contribution in [2.75, 3.05) is 0 Å². The van der Waals surface area contributed by atoms with Gasteiger partial charge in [0.05, 0.1) is 11.6 Å². The summed E-state index contributed by atoms with van der Waals surface area (Å²) >= 11 is 0. The summed E-state index contributed by atoms with van der Waals surface area (Å²) in [4.78, 5) is 27.1. The molecule has 0 spiro atoms. The summed E-state index contributed by atoms with van der Waals surface area (Å²) in [5.41, 5.74) is 3.39. The standard InChI is InChI=1S/C21H21N3O2/c22-12-13-1-3-15(4-2-13)18(11-16-7-10-20(25)23-16)19-9-8-17(14-5-6-14)21(26)24-19/h1-4,8-9,14,16,18H,5-7,10-11H2,(H,23,25)(H,24,26)/t16-,18?/m1/s1. The highest BCUT2D eigenvalue weighted by Gasteiger charge is 2.29. The van der Waals surface area contributed by atoms with E-state index in [-0.39, 0.29) is 23.4 Å². The zero-order valence-electron chi connectivity index (χ0n) is 14.5. The lowest BCUT2D eigenvalue weighted by molar-refractivity contribution is -0.119. The van der Waals surface area contributed by atoms with Gasteiger partial charge in [0.15, 0.2) is 0 Å². The van der Waals surface area contributed by atoms with E-state index in [1.807, 2.05) is 24.3 Å². The van der Waals surface area contributed by atoms with Gasteiger partial charge >= 0.3 is 0 Å². The highest BCUT2D eigenvalue weighted by molar-refractivity contribution is 5.78. The fraction of sp³-hybridized carbons (Fsp3) is 0.381. The number of hydrogen-bond acceptors (Lipinski definition) is 3. The highest BCUT2D eigenvalue weighted by atomic mass is 16.2. The first-order valence-corrected chi connectivity index (χ1v) is 9.16. The fourth-order valence-electron chi connectivity index (χ4n) is 3.79. The molecule has 1 aliphatic heterocycles. The van der Waals surface area contributed by atoms with Crippen LogP contribution in [0.1, 0.15) is 66.3 Å². The molecule has 1 amide bonds. The molecular weight excluding hydrogens is 326 g/mol. The average molecular weight is 347 g/mol. The van der Waals surface area contributed by atoms with Crippen LogP contribution in [0.2, 0.25) is 0 Å². The van der Waals surface area contributed by atoms with E-state index in [1.165, 1.54) is 0 Å². The number of nitriles is 1. The number of nitrogens with zero attached hydrogens (tertiary/aromatic N) is 1. The van der Waals surface area contributed by atoms with Crippen LogP contribution in [0.5, 0.6) is 0 Å². The van der Waals surface area contributed by atoms with E-state index in [1.54, 1.807) is 12.1 Å². The second-order valence-electron chi connectivity index (χ2n) is 7.30. The van der Waals surface area contributed by atoms with Crippen molar-refractivity contribution < 1.29 is 4.79 Å².